The number of carbonyl (C=O) groups is 1. The minimum atomic E-state index is -0.444. The number of nitrogens with zero attached hydrogens (tertiary/aromatic N) is 4. The largest absolute Gasteiger partial charge is 0.361 e. The third-order valence-corrected chi connectivity index (χ3v) is 5.28. The predicted octanol–water partition coefficient (Wildman–Crippen LogP) is 5.64. The SMILES string of the molecule is N#Cc1cccc(Cc2cccc(C(=O)N=[N+]=NCCc3c[nH]c4ccc(Cl)cc34)c2)c1. The van der Waals surface area contributed by atoms with Crippen LogP contribution in [0.3, 0.4) is 0 Å². The van der Waals surface area contributed by atoms with E-state index in [9.17, 15) is 4.79 Å². The quantitative estimate of drug-likeness (QED) is 0.310. The zero-order chi connectivity index (χ0) is 22.3. The normalized spacial score (nSPS) is 10.4. The van der Waals surface area contributed by atoms with E-state index in [-0.39, 0.29) is 0 Å². The van der Waals surface area contributed by atoms with E-state index in [1.807, 2.05) is 54.7 Å². The van der Waals surface area contributed by atoms with Crippen molar-refractivity contribution < 1.29 is 4.79 Å². The molecule has 0 aliphatic heterocycles. The molecule has 0 atom stereocenters. The minimum Gasteiger partial charge on any atom is -0.361 e. The molecule has 6 nitrogen and oxygen atoms in total. The molecule has 0 aliphatic carbocycles. The Morgan fingerprint density at radius 1 is 1.06 bits per heavy atom. The van der Waals surface area contributed by atoms with Gasteiger partial charge >= 0.3 is 5.91 Å². The van der Waals surface area contributed by atoms with Crippen LogP contribution in [0.5, 0.6) is 0 Å². The molecule has 1 amide bonds. The summed E-state index contributed by atoms with van der Waals surface area (Å²) in [5.41, 5.74) is 5.12. The van der Waals surface area contributed by atoms with E-state index in [0.29, 0.717) is 35.5 Å². The number of benzene rings is 3. The molecular weight excluding hydrogens is 422 g/mol. The number of rotatable bonds is 6. The van der Waals surface area contributed by atoms with Crippen LogP contribution >= 0.6 is 11.6 Å². The Hall–Kier alpha value is -4.04. The van der Waals surface area contributed by atoms with Gasteiger partial charge in [0.2, 0.25) is 10.0 Å². The van der Waals surface area contributed by atoms with Crippen molar-refractivity contribution in [1.82, 2.24) is 9.90 Å². The van der Waals surface area contributed by atoms with Crippen molar-refractivity contribution >= 4 is 28.4 Å². The van der Waals surface area contributed by atoms with E-state index < -0.39 is 5.91 Å². The Kier molecular flexibility index (Phi) is 6.52. The standard InChI is InChI=1S/C25H18ClN5O/c26-22-7-8-24-23(14-22)21(16-28-24)9-10-29-31-30-25(32)20-6-2-4-18(13-20)11-17-3-1-5-19(12-17)15-27/h1-8,12-14,16H,9-11H2/p+1. The molecule has 0 radical (unpaired) electrons. The molecular formula is C25H19ClN5O+. The molecule has 3 aromatic carbocycles. The number of aromatic amines is 1. The molecule has 0 saturated carbocycles. The lowest BCUT2D eigenvalue weighted by Crippen LogP contribution is -1.98. The van der Waals surface area contributed by atoms with Crippen LogP contribution in [0.2, 0.25) is 5.02 Å². The fourth-order valence-electron chi connectivity index (χ4n) is 3.50. The summed E-state index contributed by atoms with van der Waals surface area (Å²) in [6, 6.07) is 22.5. The summed E-state index contributed by atoms with van der Waals surface area (Å²) in [5.74, 6) is -0.444. The topological polar surface area (TPSA) is 95.5 Å². The van der Waals surface area contributed by atoms with Crippen LogP contribution in [-0.4, -0.2) is 17.4 Å². The fraction of sp³-hybridized carbons (Fsp3) is 0.120. The maximum absolute atomic E-state index is 12.4. The molecule has 7 heteroatoms. The van der Waals surface area contributed by atoms with Gasteiger partial charge < -0.3 is 4.98 Å². The van der Waals surface area contributed by atoms with E-state index in [4.69, 9.17) is 16.9 Å². The van der Waals surface area contributed by atoms with Crippen molar-refractivity contribution in [2.75, 3.05) is 6.54 Å². The Balaban J connectivity index is 1.38. The lowest BCUT2D eigenvalue weighted by atomic mass is 10.0. The molecule has 0 unspecified atom stereocenters. The summed E-state index contributed by atoms with van der Waals surface area (Å²) in [6.45, 7) is 0.408. The van der Waals surface area contributed by atoms with Gasteiger partial charge in [-0.15, -0.1) is 0 Å². The first-order valence-corrected chi connectivity index (χ1v) is 10.5. The number of H-pyrrole nitrogens is 1. The highest BCUT2D eigenvalue weighted by Crippen LogP contribution is 2.22. The van der Waals surface area contributed by atoms with Crippen molar-refractivity contribution in [2.24, 2.45) is 10.2 Å². The van der Waals surface area contributed by atoms with Gasteiger partial charge in [-0.3, -0.25) is 4.79 Å². The molecule has 0 spiro atoms. The summed E-state index contributed by atoms with van der Waals surface area (Å²) in [7, 11) is 0. The summed E-state index contributed by atoms with van der Waals surface area (Å²) in [4.78, 5) is 19.3. The summed E-state index contributed by atoms with van der Waals surface area (Å²) in [6.07, 6.45) is 3.20. The second-order valence-corrected chi connectivity index (χ2v) is 7.74. The number of nitrogens with one attached hydrogen (secondary N) is 1. The van der Waals surface area contributed by atoms with Crippen molar-refractivity contribution in [3.05, 3.63) is 106 Å². The van der Waals surface area contributed by atoms with E-state index in [2.05, 4.69) is 26.2 Å². The highest BCUT2D eigenvalue weighted by atomic mass is 35.5. The number of hydrogen-bond donors (Lipinski definition) is 1. The molecule has 0 aliphatic rings. The molecule has 32 heavy (non-hydrogen) atoms. The highest BCUT2D eigenvalue weighted by Gasteiger charge is 2.11. The molecule has 4 rings (SSSR count). The van der Waals surface area contributed by atoms with Crippen molar-refractivity contribution in [1.29, 1.82) is 5.26 Å². The van der Waals surface area contributed by atoms with Crippen LogP contribution in [0.15, 0.2) is 83.2 Å². The summed E-state index contributed by atoms with van der Waals surface area (Å²) in [5, 5.41) is 18.5. The second kappa shape index (κ2) is 9.84. The third kappa shape index (κ3) is 5.16. The van der Waals surface area contributed by atoms with E-state index >= 15 is 0 Å². The summed E-state index contributed by atoms with van der Waals surface area (Å²) < 4.78 is 0. The highest BCUT2D eigenvalue weighted by molar-refractivity contribution is 6.31. The van der Waals surface area contributed by atoms with Gasteiger partial charge in [0, 0.05) is 34.1 Å². The lowest BCUT2D eigenvalue weighted by molar-refractivity contribution is 0.0992. The van der Waals surface area contributed by atoms with Crippen LogP contribution in [0.4, 0.5) is 0 Å². The van der Waals surface area contributed by atoms with Crippen LogP contribution in [0.1, 0.15) is 32.6 Å². The molecule has 0 saturated heterocycles. The fourth-order valence-corrected chi connectivity index (χ4v) is 3.68. The van der Waals surface area contributed by atoms with Gasteiger partial charge in [0.1, 0.15) is 11.7 Å². The maximum Gasteiger partial charge on any atom is 0.360 e. The molecule has 156 valence electrons. The first kappa shape index (κ1) is 21.2. The van der Waals surface area contributed by atoms with Gasteiger partial charge in [0.05, 0.1) is 11.6 Å². The van der Waals surface area contributed by atoms with Crippen LogP contribution < -0.4 is 4.91 Å². The van der Waals surface area contributed by atoms with Crippen LogP contribution in [-0.2, 0) is 12.8 Å². The number of aromatic nitrogens is 1. The second-order valence-electron chi connectivity index (χ2n) is 7.30. The number of carbonyl (C=O) groups excluding carboxylic acids is 1. The van der Waals surface area contributed by atoms with Gasteiger partial charge in [0.15, 0.2) is 0 Å². The molecule has 0 bridgehead atoms. The monoisotopic (exact) mass is 440 g/mol. The Bertz CT molecular complexity index is 1390. The molecule has 4 aromatic rings. The molecule has 1 heterocycles. The van der Waals surface area contributed by atoms with E-state index in [0.717, 1.165) is 27.6 Å². The minimum absolute atomic E-state index is 0.408. The van der Waals surface area contributed by atoms with Crippen LogP contribution in [0.25, 0.3) is 10.9 Å². The number of fused-ring (bicyclic) bond motifs is 1. The third-order valence-electron chi connectivity index (χ3n) is 5.05. The first-order chi connectivity index (χ1) is 15.6. The predicted molar refractivity (Wildman–Crippen MR) is 124 cm³/mol. The van der Waals surface area contributed by atoms with Gasteiger partial charge in [-0.1, -0.05) is 35.9 Å². The number of nitriles is 1. The van der Waals surface area contributed by atoms with E-state index in [1.54, 1.807) is 18.2 Å². The van der Waals surface area contributed by atoms with Gasteiger partial charge in [-0.25, -0.2) is 0 Å². The average Bonchev–Trinajstić information content (AvgIpc) is 3.21. The molecule has 1 aromatic heterocycles. The molecule has 0 fully saturated rings. The Labute approximate surface area is 189 Å². The van der Waals surface area contributed by atoms with Gasteiger partial charge in [-0.2, -0.15) is 5.26 Å². The Morgan fingerprint density at radius 3 is 2.72 bits per heavy atom. The van der Waals surface area contributed by atoms with Crippen molar-refractivity contribution in [3.8, 4) is 6.07 Å². The maximum atomic E-state index is 12.4. The zero-order valence-electron chi connectivity index (χ0n) is 17.1. The lowest BCUT2D eigenvalue weighted by Gasteiger charge is -2.03. The molecule has 1 N–H and O–H groups in total. The number of hydrogen-bond acceptors (Lipinski definition) is 3. The Morgan fingerprint density at radius 2 is 1.88 bits per heavy atom. The smallest absolute Gasteiger partial charge is 0.360 e. The van der Waals surface area contributed by atoms with Gasteiger partial charge in [-0.05, 0) is 65.6 Å². The first-order valence-electron chi connectivity index (χ1n) is 10.1. The van der Waals surface area contributed by atoms with E-state index in [1.165, 1.54) is 0 Å². The van der Waals surface area contributed by atoms with Crippen molar-refractivity contribution in [2.45, 2.75) is 12.8 Å². The summed E-state index contributed by atoms with van der Waals surface area (Å²) >= 11 is 6.07. The zero-order valence-corrected chi connectivity index (χ0v) is 17.9. The van der Waals surface area contributed by atoms with Crippen LogP contribution in [0, 0.1) is 11.3 Å². The van der Waals surface area contributed by atoms with Crippen molar-refractivity contribution in [3.63, 3.8) is 0 Å². The number of halogens is 1. The average molecular weight is 441 g/mol. The number of amides is 1. The van der Waals surface area contributed by atoms with Gasteiger partial charge in [0.25, 0.3) is 0 Å².